The highest BCUT2D eigenvalue weighted by Crippen LogP contribution is 2.31. The molecule has 1 aromatic heterocycles. The number of hydrogen-bond acceptors (Lipinski definition) is 4. The zero-order valence-electron chi connectivity index (χ0n) is 13.8. The third-order valence-electron chi connectivity index (χ3n) is 3.77. The van der Waals surface area contributed by atoms with Gasteiger partial charge in [0.2, 0.25) is 0 Å². The number of aromatic nitrogens is 3. The molecule has 0 aliphatic heterocycles. The van der Waals surface area contributed by atoms with Crippen LogP contribution in [-0.4, -0.2) is 32.6 Å². The van der Waals surface area contributed by atoms with Gasteiger partial charge in [-0.2, -0.15) is 5.10 Å². The van der Waals surface area contributed by atoms with Crippen LogP contribution >= 0.6 is 11.6 Å². The Morgan fingerprint density at radius 2 is 2.04 bits per heavy atom. The van der Waals surface area contributed by atoms with E-state index in [0.717, 1.165) is 12.8 Å². The molecule has 0 radical (unpaired) electrons. The summed E-state index contributed by atoms with van der Waals surface area (Å²) in [7, 11) is 0. The van der Waals surface area contributed by atoms with Crippen molar-refractivity contribution in [3.05, 3.63) is 41.9 Å². The van der Waals surface area contributed by atoms with E-state index < -0.39 is 6.10 Å². The van der Waals surface area contributed by atoms with E-state index in [-0.39, 0.29) is 11.5 Å². The van der Waals surface area contributed by atoms with Crippen LogP contribution in [0.25, 0.3) is 0 Å². The molecular formula is C17H24ClN3O2. The van der Waals surface area contributed by atoms with Crippen molar-refractivity contribution in [2.75, 3.05) is 6.61 Å². The van der Waals surface area contributed by atoms with Gasteiger partial charge in [0.25, 0.3) is 0 Å². The summed E-state index contributed by atoms with van der Waals surface area (Å²) in [4.78, 5) is 3.99. The Morgan fingerprint density at radius 1 is 1.30 bits per heavy atom. The number of hydrogen-bond donors (Lipinski definition) is 1. The predicted octanol–water partition coefficient (Wildman–Crippen LogP) is 3.74. The molecule has 2 unspecified atom stereocenters. The Hall–Kier alpha value is -1.59. The molecule has 126 valence electrons. The van der Waals surface area contributed by atoms with E-state index in [2.05, 4.69) is 10.1 Å². The lowest BCUT2D eigenvalue weighted by atomic mass is 9.83. The van der Waals surface area contributed by atoms with Crippen molar-refractivity contribution in [2.24, 2.45) is 5.41 Å². The summed E-state index contributed by atoms with van der Waals surface area (Å²) in [5, 5.41) is 15.4. The second kappa shape index (κ2) is 7.79. The number of rotatable bonds is 7. The highest BCUT2D eigenvalue weighted by molar-refractivity contribution is 6.32. The number of aliphatic hydroxyl groups is 1. The van der Waals surface area contributed by atoms with Gasteiger partial charge in [0, 0.05) is 0 Å². The largest absolute Gasteiger partial charge is 0.492 e. The van der Waals surface area contributed by atoms with Gasteiger partial charge < -0.3 is 9.84 Å². The minimum atomic E-state index is -0.524. The molecular weight excluding hydrogens is 314 g/mol. The summed E-state index contributed by atoms with van der Waals surface area (Å²) >= 11 is 6.07. The molecule has 1 heterocycles. The minimum absolute atomic E-state index is 0.132. The van der Waals surface area contributed by atoms with Crippen LogP contribution in [0.3, 0.4) is 0 Å². The summed E-state index contributed by atoms with van der Waals surface area (Å²) in [5.41, 5.74) is -0.236. The lowest BCUT2D eigenvalue weighted by Crippen LogP contribution is -2.36. The van der Waals surface area contributed by atoms with E-state index >= 15 is 0 Å². The zero-order chi connectivity index (χ0) is 16.9. The Bertz CT molecular complexity index is 596. The number of halogens is 1. The average Bonchev–Trinajstić information content (AvgIpc) is 3.01. The summed E-state index contributed by atoms with van der Waals surface area (Å²) in [6.45, 7) is 6.58. The molecule has 2 rings (SSSR count). The van der Waals surface area contributed by atoms with Gasteiger partial charge in [-0.25, -0.2) is 9.67 Å². The molecule has 0 aliphatic carbocycles. The molecule has 1 aromatic carbocycles. The maximum atomic E-state index is 10.6. The maximum Gasteiger partial charge on any atom is 0.137 e. The number of para-hydroxylation sites is 1. The van der Waals surface area contributed by atoms with E-state index in [1.165, 1.54) is 6.33 Å². The van der Waals surface area contributed by atoms with Crippen molar-refractivity contribution < 1.29 is 9.84 Å². The molecule has 0 fully saturated rings. The van der Waals surface area contributed by atoms with Crippen LogP contribution in [0, 0.1) is 5.41 Å². The van der Waals surface area contributed by atoms with Crippen molar-refractivity contribution in [1.29, 1.82) is 0 Å². The normalized spacial score (nSPS) is 14.5. The van der Waals surface area contributed by atoms with E-state index in [0.29, 0.717) is 17.4 Å². The van der Waals surface area contributed by atoms with Gasteiger partial charge in [0.05, 0.1) is 23.8 Å². The first-order chi connectivity index (χ1) is 10.9. The standard InChI is InChI=1S/C17H24ClN3O2/c1-17(2,3)16(22)14(21-12-19-11-20-21)8-6-10-23-15-9-5-4-7-13(15)18/h4-5,7,9,11-12,14,16,22H,6,8,10H2,1-3H3. The first kappa shape index (κ1) is 17.8. The minimum Gasteiger partial charge on any atom is -0.492 e. The zero-order valence-corrected chi connectivity index (χ0v) is 14.6. The van der Waals surface area contributed by atoms with E-state index in [1.807, 2.05) is 39.0 Å². The van der Waals surface area contributed by atoms with E-state index in [4.69, 9.17) is 16.3 Å². The number of ether oxygens (including phenoxy) is 1. The van der Waals surface area contributed by atoms with Gasteiger partial charge in [-0.15, -0.1) is 0 Å². The van der Waals surface area contributed by atoms with Crippen molar-refractivity contribution >= 4 is 11.6 Å². The molecule has 2 aromatic rings. The van der Waals surface area contributed by atoms with Crippen LogP contribution in [0.15, 0.2) is 36.9 Å². The molecule has 0 bridgehead atoms. The quantitative estimate of drug-likeness (QED) is 0.782. The van der Waals surface area contributed by atoms with Crippen molar-refractivity contribution in [2.45, 2.75) is 45.8 Å². The van der Waals surface area contributed by atoms with E-state index in [1.54, 1.807) is 17.1 Å². The molecule has 0 saturated heterocycles. The van der Waals surface area contributed by atoms with Gasteiger partial charge in [-0.05, 0) is 30.4 Å². The molecule has 0 saturated carbocycles. The molecule has 1 N–H and O–H groups in total. The Morgan fingerprint density at radius 3 is 2.65 bits per heavy atom. The van der Waals surface area contributed by atoms with Gasteiger partial charge in [-0.3, -0.25) is 0 Å². The number of nitrogens with zero attached hydrogens (tertiary/aromatic N) is 3. The smallest absolute Gasteiger partial charge is 0.137 e. The summed E-state index contributed by atoms with van der Waals surface area (Å²) in [6, 6.07) is 7.28. The average molecular weight is 338 g/mol. The van der Waals surface area contributed by atoms with Crippen LogP contribution in [0.5, 0.6) is 5.75 Å². The van der Waals surface area contributed by atoms with Crippen LogP contribution in [-0.2, 0) is 0 Å². The topological polar surface area (TPSA) is 60.2 Å². The first-order valence-corrected chi connectivity index (χ1v) is 8.17. The Labute approximate surface area is 142 Å². The van der Waals surface area contributed by atoms with Crippen LogP contribution < -0.4 is 4.74 Å². The lowest BCUT2D eigenvalue weighted by Gasteiger charge is -2.33. The van der Waals surface area contributed by atoms with E-state index in [9.17, 15) is 5.11 Å². The fourth-order valence-electron chi connectivity index (χ4n) is 2.44. The van der Waals surface area contributed by atoms with Crippen molar-refractivity contribution in [1.82, 2.24) is 14.8 Å². The SMILES string of the molecule is CC(C)(C)C(O)C(CCCOc1ccccc1Cl)n1cncn1. The monoisotopic (exact) mass is 337 g/mol. The molecule has 2 atom stereocenters. The maximum absolute atomic E-state index is 10.6. The van der Waals surface area contributed by atoms with Gasteiger partial charge in [0.1, 0.15) is 18.4 Å². The second-order valence-electron chi connectivity index (χ2n) is 6.67. The summed E-state index contributed by atoms with van der Waals surface area (Å²) in [6.07, 6.45) is 4.14. The highest BCUT2D eigenvalue weighted by atomic mass is 35.5. The third kappa shape index (κ3) is 4.94. The molecule has 0 aliphatic rings. The van der Waals surface area contributed by atoms with Crippen molar-refractivity contribution in [3.8, 4) is 5.75 Å². The van der Waals surface area contributed by atoms with Crippen LogP contribution in [0.2, 0.25) is 5.02 Å². The Kier molecular flexibility index (Phi) is 6.02. The molecule has 6 heteroatoms. The molecule has 0 spiro atoms. The summed E-state index contributed by atoms with van der Waals surface area (Å²) < 4.78 is 7.44. The lowest BCUT2D eigenvalue weighted by molar-refractivity contribution is 0.00759. The molecule has 0 amide bonds. The van der Waals surface area contributed by atoms with Gasteiger partial charge >= 0.3 is 0 Å². The highest BCUT2D eigenvalue weighted by Gasteiger charge is 2.31. The Balaban J connectivity index is 1.93. The molecule has 5 nitrogen and oxygen atoms in total. The molecule has 23 heavy (non-hydrogen) atoms. The predicted molar refractivity (Wildman–Crippen MR) is 90.7 cm³/mol. The fourth-order valence-corrected chi connectivity index (χ4v) is 2.63. The number of benzene rings is 1. The summed E-state index contributed by atoms with van der Waals surface area (Å²) in [5.74, 6) is 0.683. The number of aliphatic hydroxyl groups excluding tert-OH is 1. The van der Waals surface area contributed by atoms with Gasteiger partial charge in [0.15, 0.2) is 0 Å². The first-order valence-electron chi connectivity index (χ1n) is 7.79. The fraction of sp³-hybridized carbons (Fsp3) is 0.529. The van der Waals surface area contributed by atoms with Crippen LogP contribution in [0.1, 0.15) is 39.7 Å². The van der Waals surface area contributed by atoms with Crippen molar-refractivity contribution in [3.63, 3.8) is 0 Å². The van der Waals surface area contributed by atoms with Crippen LogP contribution in [0.4, 0.5) is 0 Å². The third-order valence-corrected chi connectivity index (χ3v) is 4.08. The second-order valence-corrected chi connectivity index (χ2v) is 7.08. The van der Waals surface area contributed by atoms with Gasteiger partial charge in [-0.1, -0.05) is 44.5 Å².